The zero-order chi connectivity index (χ0) is 18.2. The van der Waals surface area contributed by atoms with Gasteiger partial charge in [-0.1, -0.05) is 0 Å². The van der Waals surface area contributed by atoms with E-state index < -0.39 is 11.6 Å². The van der Waals surface area contributed by atoms with Crippen molar-refractivity contribution < 1.29 is 19.1 Å². The second-order valence-corrected chi connectivity index (χ2v) is 7.67. The molecule has 2 aliphatic rings. The van der Waals surface area contributed by atoms with Gasteiger partial charge in [0, 0.05) is 19.6 Å². The number of rotatable bonds is 2. The summed E-state index contributed by atoms with van der Waals surface area (Å²) in [6.07, 6.45) is 3.42. The van der Waals surface area contributed by atoms with E-state index >= 15 is 0 Å². The molecule has 1 amide bonds. The first kappa shape index (κ1) is 17.5. The number of amides is 1. The molecule has 0 aromatic carbocycles. The minimum absolute atomic E-state index is 0.137. The van der Waals surface area contributed by atoms with Crippen LogP contribution in [-0.2, 0) is 9.47 Å². The summed E-state index contributed by atoms with van der Waals surface area (Å²) in [5, 5.41) is 0. The third-order valence-electron chi connectivity index (χ3n) is 4.60. The molecule has 0 atom stereocenters. The third kappa shape index (κ3) is 3.70. The van der Waals surface area contributed by atoms with Gasteiger partial charge in [0.05, 0.1) is 24.5 Å². The summed E-state index contributed by atoms with van der Waals surface area (Å²) < 4.78 is 10.2. The van der Waals surface area contributed by atoms with Gasteiger partial charge in [0.1, 0.15) is 11.3 Å². The summed E-state index contributed by atoms with van der Waals surface area (Å²) in [6, 6.07) is 3.54. The van der Waals surface area contributed by atoms with Crippen LogP contribution in [0.5, 0.6) is 0 Å². The maximum atomic E-state index is 12.5. The number of methoxy groups -OCH3 is 1. The zero-order valence-electron chi connectivity index (χ0n) is 15.2. The minimum Gasteiger partial charge on any atom is -0.464 e. The Hall–Kier alpha value is -2.31. The predicted molar refractivity (Wildman–Crippen MR) is 92.7 cm³/mol. The van der Waals surface area contributed by atoms with Crippen molar-refractivity contribution in [3.8, 4) is 0 Å². The Morgan fingerprint density at radius 2 is 1.92 bits per heavy atom. The number of ether oxygens (including phenoxy) is 2. The van der Waals surface area contributed by atoms with Crippen LogP contribution in [0.2, 0.25) is 0 Å². The fraction of sp³-hybridized carbons (Fsp3) is 0.611. The number of hydrogen-bond donors (Lipinski definition) is 0. The van der Waals surface area contributed by atoms with Gasteiger partial charge in [0.25, 0.3) is 0 Å². The normalized spacial score (nSPS) is 18.9. The average Bonchev–Trinajstić information content (AvgIpc) is 3.32. The van der Waals surface area contributed by atoms with E-state index in [1.165, 1.54) is 7.11 Å². The molecular weight excluding hydrogens is 322 g/mol. The molecule has 1 aliphatic heterocycles. The minimum atomic E-state index is -0.488. The van der Waals surface area contributed by atoms with Crippen molar-refractivity contribution in [3.63, 3.8) is 0 Å². The Kier molecular flexibility index (Phi) is 4.34. The first-order valence-corrected chi connectivity index (χ1v) is 8.54. The number of anilines is 1. The van der Waals surface area contributed by atoms with Gasteiger partial charge in [-0.25, -0.2) is 14.6 Å². The molecule has 2 heterocycles. The number of hydrogen-bond acceptors (Lipinski definition) is 6. The molecule has 1 aromatic rings. The van der Waals surface area contributed by atoms with Crippen LogP contribution in [0.3, 0.4) is 0 Å². The summed E-state index contributed by atoms with van der Waals surface area (Å²) >= 11 is 0. The first-order chi connectivity index (χ1) is 11.7. The molecule has 0 bridgehead atoms. The quantitative estimate of drug-likeness (QED) is 0.765. The summed E-state index contributed by atoms with van der Waals surface area (Å²) in [5.41, 5.74) is 0.613. The maximum absolute atomic E-state index is 12.5. The van der Waals surface area contributed by atoms with Crippen LogP contribution in [0.1, 0.15) is 44.1 Å². The highest BCUT2D eigenvalue weighted by Gasteiger charge is 2.54. The lowest BCUT2D eigenvalue weighted by molar-refractivity contribution is 0.0106. The van der Waals surface area contributed by atoms with Crippen molar-refractivity contribution in [1.29, 1.82) is 0 Å². The molecule has 25 heavy (non-hydrogen) atoms. The molecule has 136 valence electrons. The molecule has 0 radical (unpaired) electrons. The van der Waals surface area contributed by atoms with Crippen molar-refractivity contribution in [2.45, 2.75) is 44.8 Å². The van der Waals surface area contributed by atoms with E-state index in [1.54, 1.807) is 12.3 Å². The topological polar surface area (TPSA) is 72.0 Å². The molecule has 2 fully saturated rings. The van der Waals surface area contributed by atoms with Gasteiger partial charge in [0.2, 0.25) is 0 Å². The highest BCUT2D eigenvalue weighted by atomic mass is 16.6. The van der Waals surface area contributed by atoms with E-state index in [4.69, 9.17) is 4.74 Å². The SMILES string of the molecule is COC(=O)c1ccc(N2CCN(C(=O)OC(C)(C)C)C3(CC3)C2)cn1. The van der Waals surface area contributed by atoms with E-state index in [1.807, 2.05) is 31.7 Å². The molecule has 0 unspecified atom stereocenters. The predicted octanol–water partition coefficient (Wildman–Crippen LogP) is 2.46. The molecule has 0 N–H and O–H groups in total. The number of esters is 1. The Morgan fingerprint density at radius 1 is 1.20 bits per heavy atom. The number of pyridine rings is 1. The lowest BCUT2D eigenvalue weighted by Gasteiger charge is -2.43. The van der Waals surface area contributed by atoms with Crippen molar-refractivity contribution in [3.05, 3.63) is 24.0 Å². The first-order valence-electron chi connectivity index (χ1n) is 8.54. The smallest absolute Gasteiger partial charge is 0.410 e. The van der Waals surface area contributed by atoms with Gasteiger partial charge < -0.3 is 14.4 Å². The summed E-state index contributed by atoms with van der Waals surface area (Å²) in [6.45, 7) is 7.74. The number of piperazine rings is 1. The summed E-state index contributed by atoms with van der Waals surface area (Å²) in [7, 11) is 1.34. The lowest BCUT2D eigenvalue weighted by atomic mass is 10.1. The standard InChI is InChI=1S/C18H25N3O4/c1-17(2,3)25-16(23)21-10-9-20(12-18(21)7-8-18)13-5-6-14(19-11-13)15(22)24-4/h5-6,11H,7-10,12H2,1-4H3. The average molecular weight is 347 g/mol. The monoisotopic (exact) mass is 347 g/mol. The van der Waals surface area contributed by atoms with Crippen LogP contribution < -0.4 is 4.90 Å². The highest BCUT2D eigenvalue weighted by Crippen LogP contribution is 2.45. The van der Waals surface area contributed by atoms with Gasteiger partial charge >= 0.3 is 12.1 Å². The fourth-order valence-corrected chi connectivity index (χ4v) is 3.17. The van der Waals surface area contributed by atoms with Crippen LogP contribution in [0.15, 0.2) is 18.3 Å². The second-order valence-electron chi connectivity index (χ2n) is 7.67. The van der Waals surface area contributed by atoms with E-state index in [0.29, 0.717) is 18.8 Å². The van der Waals surface area contributed by atoms with E-state index in [0.717, 1.165) is 25.1 Å². The van der Waals surface area contributed by atoms with Gasteiger partial charge in [-0.15, -0.1) is 0 Å². The molecule has 7 nitrogen and oxygen atoms in total. The van der Waals surface area contributed by atoms with Crippen LogP contribution in [-0.4, -0.2) is 59.8 Å². The number of nitrogens with zero attached hydrogens (tertiary/aromatic N) is 3. The van der Waals surface area contributed by atoms with Crippen molar-refractivity contribution in [2.24, 2.45) is 0 Å². The van der Waals surface area contributed by atoms with Crippen LogP contribution in [0.25, 0.3) is 0 Å². The Balaban J connectivity index is 1.69. The molecule has 7 heteroatoms. The van der Waals surface area contributed by atoms with Crippen LogP contribution >= 0.6 is 0 Å². The van der Waals surface area contributed by atoms with Gasteiger partial charge in [-0.05, 0) is 45.7 Å². The number of aromatic nitrogens is 1. The molecule has 1 spiro atoms. The summed E-state index contributed by atoms with van der Waals surface area (Å²) in [5.74, 6) is -0.444. The third-order valence-corrected chi connectivity index (χ3v) is 4.60. The fourth-order valence-electron chi connectivity index (χ4n) is 3.17. The molecule has 1 saturated heterocycles. The van der Waals surface area contributed by atoms with Crippen molar-refractivity contribution in [1.82, 2.24) is 9.88 Å². The Morgan fingerprint density at radius 3 is 2.44 bits per heavy atom. The van der Waals surface area contributed by atoms with E-state index in [2.05, 4.69) is 14.6 Å². The highest BCUT2D eigenvalue weighted by molar-refractivity contribution is 5.87. The van der Waals surface area contributed by atoms with Crippen molar-refractivity contribution >= 4 is 17.7 Å². The molecule has 1 aliphatic carbocycles. The van der Waals surface area contributed by atoms with E-state index in [-0.39, 0.29) is 11.6 Å². The summed E-state index contributed by atoms with van der Waals surface area (Å²) in [4.78, 5) is 32.2. The zero-order valence-corrected chi connectivity index (χ0v) is 15.2. The molecule has 1 saturated carbocycles. The maximum Gasteiger partial charge on any atom is 0.410 e. The van der Waals surface area contributed by atoms with Crippen LogP contribution in [0.4, 0.5) is 10.5 Å². The Labute approximate surface area is 147 Å². The molecule has 1 aromatic heterocycles. The largest absolute Gasteiger partial charge is 0.464 e. The van der Waals surface area contributed by atoms with E-state index in [9.17, 15) is 9.59 Å². The van der Waals surface area contributed by atoms with Crippen LogP contribution in [0, 0.1) is 0 Å². The van der Waals surface area contributed by atoms with Gasteiger partial charge in [-0.3, -0.25) is 4.90 Å². The Bertz CT molecular complexity index is 662. The lowest BCUT2D eigenvalue weighted by Crippen LogP contribution is -2.58. The van der Waals surface area contributed by atoms with Crippen molar-refractivity contribution in [2.75, 3.05) is 31.6 Å². The molecular formula is C18H25N3O4. The van der Waals surface area contributed by atoms with Gasteiger partial charge in [-0.2, -0.15) is 0 Å². The number of carbonyl (C=O) groups excluding carboxylic acids is 2. The van der Waals surface area contributed by atoms with Gasteiger partial charge in [0.15, 0.2) is 0 Å². The second kappa shape index (κ2) is 6.20. The molecule has 3 rings (SSSR count). The number of carbonyl (C=O) groups is 2.